The fourth-order valence-corrected chi connectivity index (χ4v) is 2.39. The van der Waals surface area contributed by atoms with Crippen LogP contribution in [-0.2, 0) is 4.79 Å². The quantitative estimate of drug-likeness (QED) is 0.839. The smallest absolute Gasteiger partial charge is 0.240 e. The average molecular weight is 297 g/mol. The largest absolute Gasteiger partial charge is 0.374 e. The van der Waals surface area contributed by atoms with Crippen molar-refractivity contribution in [1.82, 2.24) is 5.32 Å². The number of carbonyl (C=O) groups excluding carboxylic acids is 1. The molecule has 4 nitrogen and oxygen atoms in total. The van der Waals surface area contributed by atoms with Crippen LogP contribution >= 0.6 is 0 Å². The zero-order valence-electron chi connectivity index (χ0n) is 11.2. The van der Waals surface area contributed by atoms with Crippen molar-refractivity contribution in [2.75, 3.05) is 11.9 Å². The SMILES string of the molecule is N#CC1(NC(=O)CNc2ccc(F)c(F)c2F)CCCC1. The predicted molar refractivity (Wildman–Crippen MR) is 69.8 cm³/mol. The maximum Gasteiger partial charge on any atom is 0.240 e. The van der Waals surface area contributed by atoms with Crippen molar-refractivity contribution in [3.63, 3.8) is 0 Å². The van der Waals surface area contributed by atoms with E-state index < -0.39 is 28.9 Å². The maximum atomic E-state index is 13.4. The number of amides is 1. The molecule has 21 heavy (non-hydrogen) atoms. The Balaban J connectivity index is 1.96. The van der Waals surface area contributed by atoms with Crippen molar-refractivity contribution in [3.05, 3.63) is 29.6 Å². The van der Waals surface area contributed by atoms with Crippen molar-refractivity contribution in [3.8, 4) is 6.07 Å². The molecule has 2 N–H and O–H groups in total. The minimum Gasteiger partial charge on any atom is -0.374 e. The lowest BCUT2D eigenvalue weighted by molar-refractivity contribution is -0.120. The first kappa shape index (κ1) is 15.2. The normalized spacial score (nSPS) is 16.3. The van der Waals surface area contributed by atoms with Gasteiger partial charge in [-0.15, -0.1) is 0 Å². The monoisotopic (exact) mass is 297 g/mol. The molecule has 1 aliphatic carbocycles. The van der Waals surface area contributed by atoms with Gasteiger partial charge >= 0.3 is 0 Å². The first-order valence-electron chi connectivity index (χ1n) is 6.57. The van der Waals surface area contributed by atoms with Gasteiger partial charge in [-0.1, -0.05) is 0 Å². The van der Waals surface area contributed by atoms with Crippen LogP contribution in [0.2, 0.25) is 0 Å². The van der Waals surface area contributed by atoms with Crippen molar-refractivity contribution in [1.29, 1.82) is 5.26 Å². The molecule has 0 heterocycles. The van der Waals surface area contributed by atoms with Crippen LogP contribution in [0.3, 0.4) is 0 Å². The molecule has 0 aliphatic heterocycles. The maximum absolute atomic E-state index is 13.4. The molecule has 0 radical (unpaired) electrons. The zero-order valence-corrected chi connectivity index (χ0v) is 11.2. The summed E-state index contributed by atoms with van der Waals surface area (Å²) in [4.78, 5) is 11.8. The number of nitrogens with zero attached hydrogens (tertiary/aromatic N) is 1. The number of carbonyl (C=O) groups is 1. The van der Waals surface area contributed by atoms with Crippen LogP contribution in [-0.4, -0.2) is 18.0 Å². The molecule has 0 spiro atoms. The van der Waals surface area contributed by atoms with E-state index in [1.165, 1.54) is 0 Å². The molecule has 0 saturated heterocycles. The Morgan fingerprint density at radius 2 is 1.90 bits per heavy atom. The summed E-state index contributed by atoms with van der Waals surface area (Å²) in [6, 6.07) is 3.87. The molecule has 0 unspecified atom stereocenters. The van der Waals surface area contributed by atoms with Crippen LogP contribution in [0.15, 0.2) is 12.1 Å². The number of nitriles is 1. The summed E-state index contributed by atoms with van der Waals surface area (Å²) in [7, 11) is 0. The Kier molecular flexibility index (Phi) is 4.36. The Morgan fingerprint density at radius 1 is 1.24 bits per heavy atom. The Labute approximate surface area is 119 Å². The van der Waals surface area contributed by atoms with Crippen LogP contribution in [0.5, 0.6) is 0 Å². The van der Waals surface area contributed by atoms with Crippen LogP contribution in [0.25, 0.3) is 0 Å². The summed E-state index contributed by atoms with van der Waals surface area (Å²) in [5.74, 6) is -4.76. The lowest BCUT2D eigenvalue weighted by Gasteiger charge is -2.22. The van der Waals surface area contributed by atoms with E-state index in [1.807, 2.05) is 0 Å². The molecule has 1 aromatic carbocycles. The summed E-state index contributed by atoms with van der Waals surface area (Å²) in [6.07, 6.45) is 2.88. The van der Waals surface area contributed by atoms with Crippen LogP contribution in [0.4, 0.5) is 18.9 Å². The first-order valence-corrected chi connectivity index (χ1v) is 6.57. The highest BCUT2D eigenvalue weighted by molar-refractivity contribution is 5.82. The molecule has 7 heteroatoms. The van der Waals surface area contributed by atoms with Crippen LogP contribution < -0.4 is 10.6 Å². The number of hydrogen-bond donors (Lipinski definition) is 2. The standard InChI is InChI=1S/C14H14F3N3O/c15-9-3-4-10(13(17)12(9)16)19-7-11(21)20-14(8-18)5-1-2-6-14/h3-4,19H,1-2,5-7H2,(H,20,21). The third-order valence-electron chi connectivity index (χ3n) is 3.52. The summed E-state index contributed by atoms with van der Waals surface area (Å²) in [5, 5.41) is 14.1. The number of halogens is 3. The number of benzene rings is 1. The molecule has 0 atom stereocenters. The van der Waals surface area contributed by atoms with Crippen LogP contribution in [0.1, 0.15) is 25.7 Å². The minimum absolute atomic E-state index is 0.304. The van der Waals surface area contributed by atoms with Gasteiger partial charge in [0.15, 0.2) is 17.5 Å². The molecule has 1 amide bonds. The summed E-state index contributed by atoms with van der Waals surface area (Å²) in [6.45, 7) is -0.328. The van der Waals surface area contributed by atoms with Gasteiger partial charge in [-0.05, 0) is 37.8 Å². The molecule has 2 rings (SSSR count). The van der Waals surface area contributed by atoms with Crippen molar-refractivity contribution >= 4 is 11.6 Å². The molecule has 1 saturated carbocycles. The molecule has 0 bridgehead atoms. The topological polar surface area (TPSA) is 64.9 Å². The Hall–Kier alpha value is -2.23. The van der Waals surface area contributed by atoms with E-state index in [0.717, 1.165) is 25.0 Å². The van der Waals surface area contributed by atoms with E-state index in [9.17, 15) is 18.0 Å². The predicted octanol–water partition coefficient (Wildman–Crippen LogP) is 2.47. The minimum atomic E-state index is -1.59. The van der Waals surface area contributed by atoms with Gasteiger partial charge in [0.2, 0.25) is 5.91 Å². The van der Waals surface area contributed by atoms with Crippen molar-refractivity contribution in [2.24, 2.45) is 0 Å². The third-order valence-corrected chi connectivity index (χ3v) is 3.52. The number of anilines is 1. The average Bonchev–Trinajstić information content (AvgIpc) is 2.93. The van der Waals surface area contributed by atoms with Gasteiger partial charge in [0.25, 0.3) is 0 Å². The lowest BCUT2D eigenvalue weighted by atomic mass is 10.00. The highest BCUT2D eigenvalue weighted by Gasteiger charge is 2.35. The van der Waals surface area contributed by atoms with E-state index in [2.05, 4.69) is 16.7 Å². The van der Waals surface area contributed by atoms with Gasteiger partial charge in [-0.2, -0.15) is 5.26 Å². The molecule has 1 aromatic rings. The molecule has 0 aromatic heterocycles. The van der Waals surface area contributed by atoms with E-state index in [4.69, 9.17) is 5.26 Å². The Morgan fingerprint density at radius 3 is 2.52 bits per heavy atom. The van der Waals surface area contributed by atoms with Crippen molar-refractivity contribution in [2.45, 2.75) is 31.2 Å². The second kappa shape index (κ2) is 6.04. The van der Waals surface area contributed by atoms with Gasteiger partial charge in [0.05, 0.1) is 18.3 Å². The molecule has 1 fully saturated rings. The summed E-state index contributed by atoms with van der Waals surface area (Å²) in [5.41, 5.74) is -1.17. The van der Waals surface area contributed by atoms with Crippen LogP contribution in [0, 0.1) is 28.8 Å². The van der Waals surface area contributed by atoms with E-state index in [1.54, 1.807) is 0 Å². The number of nitrogens with one attached hydrogen (secondary N) is 2. The molecular weight excluding hydrogens is 283 g/mol. The lowest BCUT2D eigenvalue weighted by Crippen LogP contribution is -2.47. The second-order valence-corrected chi connectivity index (χ2v) is 5.03. The number of hydrogen-bond acceptors (Lipinski definition) is 3. The highest BCUT2D eigenvalue weighted by Crippen LogP contribution is 2.28. The van der Waals surface area contributed by atoms with E-state index in [0.29, 0.717) is 12.8 Å². The van der Waals surface area contributed by atoms with Gasteiger partial charge < -0.3 is 10.6 Å². The molecule has 1 aliphatic rings. The van der Waals surface area contributed by atoms with Gasteiger partial charge in [-0.3, -0.25) is 4.79 Å². The number of rotatable bonds is 4. The zero-order chi connectivity index (χ0) is 15.5. The third kappa shape index (κ3) is 3.27. The van der Waals surface area contributed by atoms with Gasteiger partial charge in [-0.25, -0.2) is 13.2 Å². The van der Waals surface area contributed by atoms with E-state index in [-0.39, 0.29) is 12.2 Å². The van der Waals surface area contributed by atoms with Gasteiger partial charge in [0, 0.05) is 0 Å². The van der Waals surface area contributed by atoms with E-state index >= 15 is 0 Å². The first-order chi connectivity index (χ1) is 9.97. The summed E-state index contributed by atoms with van der Waals surface area (Å²) < 4.78 is 39.2. The van der Waals surface area contributed by atoms with Crippen molar-refractivity contribution < 1.29 is 18.0 Å². The highest BCUT2D eigenvalue weighted by atomic mass is 19.2. The molecule has 112 valence electrons. The Bertz CT molecular complexity index is 592. The fraction of sp³-hybridized carbons (Fsp3) is 0.429. The molecular formula is C14H14F3N3O. The van der Waals surface area contributed by atoms with Gasteiger partial charge in [0.1, 0.15) is 5.54 Å². The second-order valence-electron chi connectivity index (χ2n) is 5.03. The fourth-order valence-electron chi connectivity index (χ4n) is 2.39. The summed E-state index contributed by atoms with van der Waals surface area (Å²) >= 11 is 0.